The summed E-state index contributed by atoms with van der Waals surface area (Å²) in [4.78, 5) is 0. The molecule has 0 aliphatic rings. The van der Waals surface area contributed by atoms with Crippen molar-refractivity contribution in [2.45, 2.75) is 6.43 Å². The molecular weight excluding hydrogens is 221 g/mol. The van der Waals surface area contributed by atoms with E-state index in [1.54, 1.807) is 0 Å². The van der Waals surface area contributed by atoms with Crippen LogP contribution in [0, 0.1) is 5.82 Å². The van der Waals surface area contributed by atoms with Gasteiger partial charge in [-0.2, -0.15) is 0 Å². The molecule has 0 aromatic heterocycles. The summed E-state index contributed by atoms with van der Waals surface area (Å²) < 4.78 is 40.8. The van der Waals surface area contributed by atoms with Gasteiger partial charge in [-0.05, 0) is 18.2 Å². The van der Waals surface area contributed by atoms with Crippen LogP contribution in [0.4, 0.5) is 24.5 Å². The third-order valence-corrected chi connectivity index (χ3v) is 1.82. The number of anilines is 2. The summed E-state index contributed by atoms with van der Waals surface area (Å²) in [5, 5.41) is 2.79. The van der Waals surface area contributed by atoms with Gasteiger partial charge in [0.15, 0.2) is 0 Å². The van der Waals surface area contributed by atoms with Crippen LogP contribution in [0.2, 0.25) is 0 Å². The van der Waals surface area contributed by atoms with Gasteiger partial charge in [0.1, 0.15) is 12.4 Å². The minimum atomic E-state index is -2.47. The Hall–Kier alpha value is -1.43. The number of hydrogen-bond acceptors (Lipinski definition) is 3. The van der Waals surface area contributed by atoms with Crippen LogP contribution < -0.4 is 11.1 Å². The van der Waals surface area contributed by atoms with E-state index in [-0.39, 0.29) is 6.61 Å². The first-order valence-corrected chi connectivity index (χ1v) is 4.74. The van der Waals surface area contributed by atoms with E-state index in [0.717, 1.165) is 0 Å². The molecule has 3 nitrogen and oxygen atoms in total. The lowest BCUT2D eigenvalue weighted by atomic mass is 10.2. The average Bonchev–Trinajstić information content (AvgIpc) is 2.22. The molecule has 0 aliphatic carbocycles. The third-order valence-electron chi connectivity index (χ3n) is 1.82. The largest absolute Gasteiger partial charge is 0.397 e. The van der Waals surface area contributed by atoms with Crippen molar-refractivity contribution in [1.82, 2.24) is 0 Å². The van der Waals surface area contributed by atoms with E-state index in [1.807, 2.05) is 0 Å². The molecule has 1 aromatic rings. The molecule has 90 valence electrons. The van der Waals surface area contributed by atoms with Crippen LogP contribution in [-0.4, -0.2) is 26.2 Å². The molecule has 0 aliphatic heterocycles. The summed E-state index contributed by atoms with van der Waals surface area (Å²) in [6.45, 7) is -0.193. The van der Waals surface area contributed by atoms with Crippen molar-refractivity contribution in [3.8, 4) is 0 Å². The highest BCUT2D eigenvalue weighted by Crippen LogP contribution is 2.18. The average molecular weight is 234 g/mol. The van der Waals surface area contributed by atoms with Crippen LogP contribution in [0.3, 0.4) is 0 Å². The van der Waals surface area contributed by atoms with Gasteiger partial charge in [-0.15, -0.1) is 0 Å². The summed E-state index contributed by atoms with van der Waals surface area (Å²) in [7, 11) is 0. The molecule has 0 fully saturated rings. The second-order valence-electron chi connectivity index (χ2n) is 3.12. The second kappa shape index (κ2) is 6.22. The Balaban J connectivity index is 2.29. The second-order valence-corrected chi connectivity index (χ2v) is 3.12. The lowest BCUT2D eigenvalue weighted by molar-refractivity contribution is 0.0215. The molecule has 0 saturated carbocycles. The highest BCUT2D eigenvalue weighted by Gasteiger charge is 2.02. The monoisotopic (exact) mass is 234 g/mol. The fourth-order valence-corrected chi connectivity index (χ4v) is 1.11. The van der Waals surface area contributed by atoms with Gasteiger partial charge in [-0.3, -0.25) is 0 Å². The number of hydrogen-bond donors (Lipinski definition) is 2. The SMILES string of the molecule is Nc1ccc(F)cc1NCCOCC(F)F. The summed E-state index contributed by atoms with van der Waals surface area (Å²) in [5.74, 6) is -0.412. The number of halogens is 3. The Morgan fingerprint density at radius 3 is 2.81 bits per heavy atom. The minimum absolute atomic E-state index is 0.111. The Labute approximate surface area is 91.4 Å². The molecule has 0 radical (unpaired) electrons. The molecule has 0 amide bonds. The summed E-state index contributed by atoms with van der Waals surface area (Å²) in [5.41, 5.74) is 6.39. The zero-order valence-corrected chi connectivity index (χ0v) is 8.55. The summed E-state index contributed by atoms with van der Waals surface area (Å²) in [6.07, 6.45) is -2.47. The predicted octanol–water partition coefficient (Wildman–Crippen LogP) is 2.10. The molecule has 0 saturated heterocycles. The molecule has 0 unspecified atom stereocenters. The first kappa shape index (κ1) is 12.6. The molecule has 0 heterocycles. The maximum absolute atomic E-state index is 12.8. The summed E-state index contributed by atoms with van der Waals surface area (Å²) in [6, 6.07) is 3.91. The fraction of sp³-hybridized carbons (Fsp3) is 0.400. The van der Waals surface area contributed by atoms with E-state index in [1.165, 1.54) is 18.2 Å². The topological polar surface area (TPSA) is 47.3 Å². The fourth-order valence-electron chi connectivity index (χ4n) is 1.11. The molecule has 0 spiro atoms. The maximum atomic E-state index is 12.8. The van der Waals surface area contributed by atoms with Crippen LogP contribution in [-0.2, 0) is 4.74 Å². The van der Waals surface area contributed by atoms with Crippen molar-refractivity contribution in [2.24, 2.45) is 0 Å². The van der Waals surface area contributed by atoms with Gasteiger partial charge in [0.25, 0.3) is 6.43 Å². The van der Waals surface area contributed by atoms with Crippen LogP contribution >= 0.6 is 0 Å². The molecule has 0 atom stereocenters. The number of nitrogen functional groups attached to an aromatic ring is 1. The standard InChI is InChI=1S/C10H13F3N2O/c11-7-1-2-8(14)9(5-7)15-3-4-16-6-10(12)13/h1-2,5,10,15H,3-4,6,14H2. The summed E-state index contributed by atoms with van der Waals surface area (Å²) >= 11 is 0. The highest BCUT2D eigenvalue weighted by molar-refractivity contribution is 5.65. The Morgan fingerprint density at radius 1 is 1.38 bits per heavy atom. The highest BCUT2D eigenvalue weighted by atomic mass is 19.3. The van der Waals surface area contributed by atoms with Gasteiger partial charge in [0.2, 0.25) is 0 Å². The minimum Gasteiger partial charge on any atom is -0.397 e. The van der Waals surface area contributed by atoms with E-state index in [9.17, 15) is 13.2 Å². The molecule has 16 heavy (non-hydrogen) atoms. The molecular formula is C10H13F3N2O. The number of rotatable bonds is 6. The van der Waals surface area contributed by atoms with Crippen LogP contribution in [0.25, 0.3) is 0 Å². The van der Waals surface area contributed by atoms with E-state index in [4.69, 9.17) is 5.73 Å². The first-order valence-electron chi connectivity index (χ1n) is 4.74. The molecule has 1 aromatic carbocycles. The van der Waals surface area contributed by atoms with Crippen LogP contribution in [0.1, 0.15) is 0 Å². The van der Waals surface area contributed by atoms with Crippen molar-refractivity contribution in [3.63, 3.8) is 0 Å². The Bertz CT molecular complexity index is 334. The number of nitrogens with two attached hydrogens (primary N) is 1. The normalized spacial score (nSPS) is 10.8. The zero-order valence-electron chi connectivity index (χ0n) is 8.55. The van der Waals surface area contributed by atoms with Crippen molar-refractivity contribution in [1.29, 1.82) is 0 Å². The molecule has 3 N–H and O–H groups in total. The smallest absolute Gasteiger partial charge is 0.261 e. The third kappa shape index (κ3) is 4.39. The number of nitrogens with one attached hydrogen (secondary N) is 1. The van der Waals surface area contributed by atoms with Gasteiger partial charge in [0, 0.05) is 6.54 Å². The zero-order chi connectivity index (χ0) is 12.0. The van der Waals surface area contributed by atoms with Crippen molar-refractivity contribution in [3.05, 3.63) is 24.0 Å². The van der Waals surface area contributed by atoms with E-state index in [0.29, 0.717) is 17.9 Å². The van der Waals surface area contributed by atoms with E-state index >= 15 is 0 Å². The quantitative estimate of drug-likeness (QED) is 0.585. The van der Waals surface area contributed by atoms with Gasteiger partial charge in [-0.1, -0.05) is 0 Å². The predicted molar refractivity (Wildman–Crippen MR) is 56.1 cm³/mol. The lowest BCUT2D eigenvalue weighted by Gasteiger charge is -2.09. The Morgan fingerprint density at radius 2 is 2.12 bits per heavy atom. The van der Waals surface area contributed by atoms with Gasteiger partial charge >= 0.3 is 0 Å². The molecule has 6 heteroatoms. The Kier molecular flexibility index (Phi) is 4.91. The number of ether oxygens (including phenoxy) is 1. The number of alkyl halides is 2. The van der Waals surface area contributed by atoms with Gasteiger partial charge in [-0.25, -0.2) is 13.2 Å². The van der Waals surface area contributed by atoms with Gasteiger partial charge in [0.05, 0.1) is 18.0 Å². The maximum Gasteiger partial charge on any atom is 0.261 e. The number of benzene rings is 1. The van der Waals surface area contributed by atoms with Crippen molar-refractivity contribution >= 4 is 11.4 Å². The van der Waals surface area contributed by atoms with Crippen LogP contribution in [0.5, 0.6) is 0 Å². The lowest BCUT2D eigenvalue weighted by Crippen LogP contribution is -2.13. The molecule has 0 bridgehead atoms. The van der Waals surface area contributed by atoms with Crippen molar-refractivity contribution in [2.75, 3.05) is 30.8 Å². The molecule has 1 rings (SSSR count). The van der Waals surface area contributed by atoms with Crippen LogP contribution in [0.15, 0.2) is 18.2 Å². The van der Waals surface area contributed by atoms with E-state index in [2.05, 4.69) is 10.1 Å². The van der Waals surface area contributed by atoms with E-state index < -0.39 is 18.8 Å². The first-order chi connectivity index (χ1) is 7.59. The van der Waals surface area contributed by atoms with Gasteiger partial charge < -0.3 is 15.8 Å². The van der Waals surface area contributed by atoms with Crippen molar-refractivity contribution < 1.29 is 17.9 Å².